The number of thiophene rings is 1. The molecule has 0 fully saturated rings. The average Bonchev–Trinajstić information content (AvgIpc) is 2.94. The van der Waals surface area contributed by atoms with Gasteiger partial charge in [0, 0.05) is 6.20 Å². The Kier molecular flexibility index (Phi) is 2.34. The maximum atomic E-state index is 10.9. The van der Waals surface area contributed by atoms with Crippen molar-refractivity contribution in [2.45, 2.75) is 6.92 Å². The topological polar surface area (TPSA) is 80.4 Å². The van der Waals surface area contributed by atoms with Gasteiger partial charge in [0.1, 0.15) is 0 Å². The Morgan fingerprint density at radius 3 is 2.94 bits per heavy atom. The van der Waals surface area contributed by atoms with Crippen LogP contribution in [0.1, 0.15) is 16.2 Å². The summed E-state index contributed by atoms with van der Waals surface area (Å²) in [5, 5.41) is 14.8. The zero-order chi connectivity index (χ0) is 12.7. The molecule has 0 bridgehead atoms. The lowest BCUT2D eigenvalue weighted by Gasteiger charge is -2.01. The summed E-state index contributed by atoms with van der Waals surface area (Å²) in [4.78, 5) is 19.8. The second kappa shape index (κ2) is 3.88. The molecule has 90 valence electrons. The van der Waals surface area contributed by atoms with Crippen molar-refractivity contribution in [2.75, 3.05) is 0 Å². The van der Waals surface area contributed by atoms with Crippen LogP contribution in [-0.4, -0.2) is 30.7 Å². The van der Waals surface area contributed by atoms with Gasteiger partial charge in [0.15, 0.2) is 0 Å². The number of aromatic carboxylic acids is 1. The van der Waals surface area contributed by atoms with Gasteiger partial charge in [-0.25, -0.2) is 9.78 Å². The minimum atomic E-state index is -1.16. The first kappa shape index (κ1) is 10.8. The van der Waals surface area contributed by atoms with E-state index < -0.39 is 5.97 Å². The third kappa shape index (κ3) is 1.56. The summed E-state index contributed by atoms with van der Waals surface area (Å²) >= 11 is 1.57. The molecule has 0 radical (unpaired) electrons. The summed E-state index contributed by atoms with van der Waals surface area (Å²) in [7, 11) is 0. The molecule has 7 heteroatoms. The number of hydrogen-bond acceptors (Lipinski definition) is 5. The molecular weight excluding hydrogens is 252 g/mol. The van der Waals surface area contributed by atoms with Crippen molar-refractivity contribution < 1.29 is 9.90 Å². The highest BCUT2D eigenvalue weighted by Gasteiger charge is 2.15. The Bertz CT molecular complexity index is 746. The normalized spacial score (nSPS) is 10.9. The van der Waals surface area contributed by atoms with Crippen LogP contribution in [0.2, 0.25) is 0 Å². The summed E-state index contributed by atoms with van der Waals surface area (Å²) in [6.07, 6.45) is 1.60. The molecule has 0 aliphatic carbocycles. The Morgan fingerprint density at radius 2 is 2.28 bits per heavy atom. The van der Waals surface area contributed by atoms with Gasteiger partial charge in [-0.05, 0) is 30.0 Å². The lowest BCUT2D eigenvalue weighted by atomic mass is 10.2. The number of carbonyl (C=O) groups is 1. The van der Waals surface area contributed by atoms with Gasteiger partial charge >= 0.3 is 5.97 Å². The molecule has 3 rings (SSSR count). The van der Waals surface area contributed by atoms with Gasteiger partial charge in [-0.1, -0.05) is 0 Å². The summed E-state index contributed by atoms with van der Waals surface area (Å²) in [6, 6.07) is 3.80. The number of hydrogen-bond donors (Lipinski definition) is 1. The molecule has 0 unspecified atom stereocenters. The Morgan fingerprint density at radius 1 is 1.44 bits per heavy atom. The highest BCUT2D eigenvalue weighted by Crippen LogP contribution is 2.28. The van der Waals surface area contributed by atoms with Crippen molar-refractivity contribution in [3.63, 3.8) is 0 Å². The van der Waals surface area contributed by atoms with E-state index in [2.05, 4.69) is 15.1 Å². The number of fused-ring (bicyclic) bond motifs is 1. The third-order valence-electron chi connectivity index (χ3n) is 2.53. The standard InChI is InChI=1S/C11H8N4O2S/c1-6-3-5-18-8(6)7-2-4-12-11-13-9(10(16)17)14-15(7)11/h2-5H,1H3,(H,16,17). The van der Waals surface area contributed by atoms with E-state index in [9.17, 15) is 4.79 Å². The summed E-state index contributed by atoms with van der Waals surface area (Å²) in [5.74, 6) is -1.11. The van der Waals surface area contributed by atoms with E-state index in [4.69, 9.17) is 5.11 Å². The van der Waals surface area contributed by atoms with E-state index in [0.29, 0.717) is 0 Å². The molecule has 0 aliphatic rings. The second-order valence-electron chi connectivity index (χ2n) is 3.72. The van der Waals surface area contributed by atoms with Gasteiger partial charge in [0.2, 0.25) is 0 Å². The molecular formula is C11H8N4O2S. The van der Waals surface area contributed by atoms with Gasteiger partial charge in [-0.3, -0.25) is 0 Å². The van der Waals surface area contributed by atoms with Crippen LogP contribution in [0, 0.1) is 6.92 Å². The Labute approximate surface area is 106 Å². The first-order valence-corrected chi connectivity index (χ1v) is 6.04. The van der Waals surface area contributed by atoms with Crippen molar-refractivity contribution in [2.24, 2.45) is 0 Å². The maximum absolute atomic E-state index is 10.9. The van der Waals surface area contributed by atoms with Crippen LogP contribution >= 0.6 is 11.3 Å². The third-order valence-corrected chi connectivity index (χ3v) is 3.57. The molecule has 6 nitrogen and oxygen atoms in total. The molecule has 3 aromatic heterocycles. The molecule has 3 aromatic rings. The molecule has 18 heavy (non-hydrogen) atoms. The Balaban J connectivity index is 2.30. The van der Waals surface area contributed by atoms with Crippen LogP contribution < -0.4 is 0 Å². The van der Waals surface area contributed by atoms with Gasteiger partial charge in [-0.2, -0.15) is 9.50 Å². The van der Waals surface area contributed by atoms with Gasteiger partial charge < -0.3 is 5.11 Å². The monoisotopic (exact) mass is 260 g/mol. The van der Waals surface area contributed by atoms with E-state index in [-0.39, 0.29) is 11.6 Å². The lowest BCUT2D eigenvalue weighted by molar-refractivity contribution is 0.0684. The number of carboxylic acids is 1. The van der Waals surface area contributed by atoms with Crippen LogP contribution in [-0.2, 0) is 0 Å². The number of aromatic nitrogens is 4. The van der Waals surface area contributed by atoms with Gasteiger partial charge in [-0.15, -0.1) is 16.4 Å². The predicted octanol–water partition coefficient (Wildman–Crippen LogP) is 1.86. The Hall–Kier alpha value is -2.28. The van der Waals surface area contributed by atoms with Crippen LogP contribution in [0.25, 0.3) is 16.3 Å². The summed E-state index contributed by atoms with van der Waals surface area (Å²) in [5.41, 5.74) is 1.91. The van der Waals surface area contributed by atoms with E-state index in [1.807, 2.05) is 18.4 Å². The number of carboxylic acid groups (broad SMARTS) is 1. The van der Waals surface area contributed by atoms with Crippen LogP contribution in [0.3, 0.4) is 0 Å². The number of nitrogens with zero attached hydrogens (tertiary/aromatic N) is 4. The second-order valence-corrected chi connectivity index (χ2v) is 4.63. The number of aryl methyl sites for hydroxylation is 1. The zero-order valence-electron chi connectivity index (χ0n) is 9.36. The molecule has 0 spiro atoms. The van der Waals surface area contributed by atoms with E-state index >= 15 is 0 Å². The quantitative estimate of drug-likeness (QED) is 0.760. The van der Waals surface area contributed by atoms with Gasteiger partial charge in [0.25, 0.3) is 11.6 Å². The van der Waals surface area contributed by atoms with Crippen molar-refractivity contribution in [3.8, 4) is 10.6 Å². The first-order valence-electron chi connectivity index (χ1n) is 5.16. The highest BCUT2D eigenvalue weighted by atomic mass is 32.1. The van der Waals surface area contributed by atoms with Crippen LogP contribution in [0.4, 0.5) is 0 Å². The van der Waals surface area contributed by atoms with Crippen LogP contribution in [0.5, 0.6) is 0 Å². The SMILES string of the molecule is Cc1ccsc1-c1ccnc2nc(C(=O)O)nn12. The van der Waals surface area contributed by atoms with Crippen molar-refractivity contribution in [3.05, 3.63) is 35.1 Å². The smallest absolute Gasteiger partial charge is 0.375 e. The summed E-state index contributed by atoms with van der Waals surface area (Å²) < 4.78 is 1.46. The van der Waals surface area contributed by atoms with E-state index in [1.165, 1.54) is 4.52 Å². The first-order chi connectivity index (χ1) is 8.66. The van der Waals surface area contributed by atoms with Crippen molar-refractivity contribution in [1.82, 2.24) is 19.6 Å². The lowest BCUT2D eigenvalue weighted by Crippen LogP contribution is -2.00. The zero-order valence-corrected chi connectivity index (χ0v) is 10.2. The molecule has 3 heterocycles. The molecule has 0 aliphatic heterocycles. The fourth-order valence-electron chi connectivity index (χ4n) is 1.69. The van der Waals surface area contributed by atoms with Crippen molar-refractivity contribution >= 4 is 23.1 Å². The van der Waals surface area contributed by atoms with E-state index in [1.54, 1.807) is 23.6 Å². The summed E-state index contributed by atoms with van der Waals surface area (Å²) in [6.45, 7) is 1.99. The fourth-order valence-corrected chi connectivity index (χ4v) is 2.63. The molecule has 0 amide bonds. The predicted molar refractivity (Wildman–Crippen MR) is 65.8 cm³/mol. The minimum Gasteiger partial charge on any atom is -0.475 e. The fraction of sp³-hybridized carbons (Fsp3) is 0.0909. The van der Waals surface area contributed by atoms with Crippen LogP contribution in [0.15, 0.2) is 23.7 Å². The highest BCUT2D eigenvalue weighted by molar-refractivity contribution is 7.13. The molecule has 0 aromatic carbocycles. The minimum absolute atomic E-state index is 0.246. The van der Waals surface area contributed by atoms with Gasteiger partial charge in [0.05, 0.1) is 10.6 Å². The average molecular weight is 260 g/mol. The van der Waals surface area contributed by atoms with Crippen molar-refractivity contribution in [1.29, 1.82) is 0 Å². The van der Waals surface area contributed by atoms with E-state index in [0.717, 1.165) is 16.1 Å². The maximum Gasteiger partial charge on any atom is 0.375 e. The molecule has 0 saturated heterocycles. The molecule has 1 N–H and O–H groups in total. The molecule has 0 atom stereocenters. The largest absolute Gasteiger partial charge is 0.475 e. The number of rotatable bonds is 2. The molecule has 0 saturated carbocycles.